The molecule has 0 fully saturated rings. The SMILES string of the molecule is COc1ccc(OC[C@H]2c3cc(OC)c(OC)cc3CCN2C(=O)c2cc([N+](=O)[O-])ccc2Cl)cc1. The molecule has 0 saturated heterocycles. The van der Waals surface area contributed by atoms with Crippen LogP contribution in [0.5, 0.6) is 23.0 Å². The van der Waals surface area contributed by atoms with Gasteiger partial charge in [0.1, 0.15) is 18.1 Å². The van der Waals surface area contributed by atoms with Gasteiger partial charge < -0.3 is 23.8 Å². The Hall–Kier alpha value is -3.98. The molecule has 0 spiro atoms. The van der Waals surface area contributed by atoms with E-state index >= 15 is 0 Å². The van der Waals surface area contributed by atoms with Gasteiger partial charge in [-0.15, -0.1) is 0 Å². The van der Waals surface area contributed by atoms with Crippen molar-refractivity contribution in [1.82, 2.24) is 4.90 Å². The summed E-state index contributed by atoms with van der Waals surface area (Å²) in [6, 6.07) is 14.2. The van der Waals surface area contributed by atoms with Crippen molar-refractivity contribution >= 4 is 23.2 Å². The molecule has 1 heterocycles. The summed E-state index contributed by atoms with van der Waals surface area (Å²) < 4.78 is 22.2. The Morgan fingerprint density at radius 2 is 1.67 bits per heavy atom. The summed E-state index contributed by atoms with van der Waals surface area (Å²) in [5.41, 5.74) is 1.68. The van der Waals surface area contributed by atoms with Gasteiger partial charge in [0.05, 0.1) is 42.9 Å². The molecule has 1 amide bonds. The fourth-order valence-electron chi connectivity index (χ4n) is 4.24. The monoisotopic (exact) mass is 512 g/mol. The molecule has 3 aromatic carbocycles. The van der Waals surface area contributed by atoms with Crippen LogP contribution < -0.4 is 18.9 Å². The van der Waals surface area contributed by atoms with Crippen LogP contribution in [0.25, 0.3) is 0 Å². The number of non-ortho nitro benzene ring substituents is 1. The number of carbonyl (C=O) groups excluding carboxylic acids is 1. The summed E-state index contributed by atoms with van der Waals surface area (Å²) in [6.45, 7) is 0.490. The maximum absolute atomic E-state index is 13.7. The van der Waals surface area contributed by atoms with Crippen molar-refractivity contribution in [3.05, 3.63) is 86.4 Å². The van der Waals surface area contributed by atoms with Crippen LogP contribution in [-0.2, 0) is 6.42 Å². The zero-order valence-electron chi connectivity index (χ0n) is 20.0. The molecule has 0 saturated carbocycles. The molecule has 1 atom stereocenters. The molecule has 0 bridgehead atoms. The minimum Gasteiger partial charge on any atom is -0.497 e. The molecule has 3 aromatic rings. The number of fused-ring (bicyclic) bond motifs is 1. The smallest absolute Gasteiger partial charge is 0.270 e. The minimum absolute atomic E-state index is 0.0595. The highest BCUT2D eigenvalue weighted by Crippen LogP contribution is 2.39. The van der Waals surface area contributed by atoms with E-state index in [0.29, 0.717) is 36.0 Å². The molecule has 36 heavy (non-hydrogen) atoms. The van der Waals surface area contributed by atoms with E-state index in [-0.39, 0.29) is 22.9 Å². The number of methoxy groups -OCH3 is 3. The summed E-state index contributed by atoms with van der Waals surface area (Å²) >= 11 is 6.30. The summed E-state index contributed by atoms with van der Waals surface area (Å²) in [5.74, 6) is 1.98. The molecular formula is C26H25ClN2O7. The number of carbonyl (C=O) groups is 1. The lowest BCUT2D eigenvalue weighted by molar-refractivity contribution is -0.384. The summed E-state index contributed by atoms with van der Waals surface area (Å²) in [6.07, 6.45) is 0.549. The fraction of sp³-hybridized carbons (Fsp3) is 0.269. The van der Waals surface area contributed by atoms with E-state index in [2.05, 4.69) is 0 Å². The van der Waals surface area contributed by atoms with Crippen LogP contribution >= 0.6 is 11.6 Å². The second-order valence-electron chi connectivity index (χ2n) is 8.08. The van der Waals surface area contributed by atoms with E-state index in [1.165, 1.54) is 18.2 Å². The first-order chi connectivity index (χ1) is 17.4. The van der Waals surface area contributed by atoms with Crippen LogP contribution in [0.4, 0.5) is 5.69 Å². The third kappa shape index (κ3) is 5.01. The fourth-order valence-corrected chi connectivity index (χ4v) is 4.44. The van der Waals surface area contributed by atoms with Crippen LogP contribution in [0, 0.1) is 10.1 Å². The Kier molecular flexibility index (Phi) is 7.49. The Balaban J connectivity index is 1.72. The number of nitro groups is 1. The van der Waals surface area contributed by atoms with Gasteiger partial charge in [0.2, 0.25) is 0 Å². The number of halogens is 1. The Morgan fingerprint density at radius 1 is 1.00 bits per heavy atom. The first kappa shape index (κ1) is 25.1. The average Bonchev–Trinajstić information content (AvgIpc) is 2.90. The zero-order valence-corrected chi connectivity index (χ0v) is 20.8. The number of ether oxygens (including phenoxy) is 4. The van der Waals surface area contributed by atoms with Crippen LogP contribution in [-0.4, -0.2) is 50.2 Å². The van der Waals surface area contributed by atoms with Gasteiger partial charge in [-0.3, -0.25) is 14.9 Å². The molecule has 0 unspecified atom stereocenters. The van der Waals surface area contributed by atoms with Gasteiger partial charge in [0, 0.05) is 18.7 Å². The Labute approximate surface area is 213 Å². The van der Waals surface area contributed by atoms with E-state index in [9.17, 15) is 14.9 Å². The van der Waals surface area contributed by atoms with Gasteiger partial charge in [-0.05, 0) is 60.0 Å². The summed E-state index contributed by atoms with van der Waals surface area (Å²) in [7, 11) is 4.69. The topological polar surface area (TPSA) is 100 Å². The first-order valence-electron chi connectivity index (χ1n) is 11.1. The Morgan fingerprint density at radius 3 is 2.31 bits per heavy atom. The third-order valence-corrected chi connectivity index (χ3v) is 6.45. The van der Waals surface area contributed by atoms with E-state index < -0.39 is 16.9 Å². The van der Waals surface area contributed by atoms with Gasteiger partial charge in [-0.1, -0.05) is 11.6 Å². The van der Waals surface area contributed by atoms with Gasteiger partial charge in [-0.25, -0.2) is 0 Å². The number of benzene rings is 3. The van der Waals surface area contributed by atoms with Gasteiger partial charge in [-0.2, -0.15) is 0 Å². The maximum atomic E-state index is 13.7. The van der Waals surface area contributed by atoms with Crippen molar-refractivity contribution in [2.75, 3.05) is 34.5 Å². The molecular weight excluding hydrogens is 488 g/mol. The largest absolute Gasteiger partial charge is 0.497 e. The number of hydrogen-bond acceptors (Lipinski definition) is 7. The average molecular weight is 513 g/mol. The molecule has 0 radical (unpaired) electrons. The number of amides is 1. The molecule has 1 aliphatic rings. The molecule has 188 valence electrons. The lowest BCUT2D eigenvalue weighted by atomic mass is 9.91. The predicted octanol–water partition coefficient (Wildman–Crippen LogP) is 5.09. The molecule has 0 aromatic heterocycles. The van der Waals surface area contributed by atoms with E-state index in [1.807, 2.05) is 12.1 Å². The molecule has 0 N–H and O–H groups in total. The third-order valence-electron chi connectivity index (χ3n) is 6.12. The highest BCUT2D eigenvalue weighted by atomic mass is 35.5. The van der Waals surface area contributed by atoms with Gasteiger partial charge in [0.15, 0.2) is 11.5 Å². The van der Waals surface area contributed by atoms with Crippen molar-refractivity contribution < 1.29 is 28.7 Å². The van der Waals surface area contributed by atoms with Gasteiger partial charge in [0.25, 0.3) is 11.6 Å². The quantitative estimate of drug-likeness (QED) is 0.306. The van der Waals surface area contributed by atoms with Crippen molar-refractivity contribution in [1.29, 1.82) is 0 Å². The van der Waals surface area contributed by atoms with Gasteiger partial charge >= 0.3 is 0 Å². The van der Waals surface area contributed by atoms with E-state index in [0.717, 1.165) is 11.1 Å². The van der Waals surface area contributed by atoms with Crippen LogP contribution in [0.3, 0.4) is 0 Å². The number of nitro benzene ring substituents is 1. The first-order valence-corrected chi connectivity index (χ1v) is 11.5. The normalized spacial score (nSPS) is 14.6. The molecule has 0 aliphatic carbocycles. The highest BCUT2D eigenvalue weighted by Gasteiger charge is 2.34. The predicted molar refractivity (Wildman–Crippen MR) is 134 cm³/mol. The zero-order chi connectivity index (χ0) is 25.8. The molecule has 1 aliphatic heterocycles. The summed E-state index contributed by atoms with van der Waals surface area (Å²) in [4.78, 5) is 26.1. The van der Waals surface area contributed by atoms with Crippen molar-refractivity contribution in [2.24, 2.45) is 0 Å². The molecule has 4 rings (SSSR count). The molecule has 9 nitrogen and oxygen atoms in total. The van der Waals surface area contributed by atoms with Crippen molar-refractivity contribution in [3.8, 4) is 23.0 Å². The maximum Gasteiger partial charge on any atom is 0.270 e. The second-order valence-corrected chi connectivity index (χ2v) is 8.49. The highest BCUT2D eigenvalue weighted by molar-refractivity contribution is 6.34. The lowest BCUT2D eigenvalue weighted by Crippen LogP contribution is -2.42. The van der Waals surface area contributed by atoms with E-state index in [4.69, 9.17) is 30.5 Å². The standard InChI is InChI=1S/C26H25ClN2O7/c1-33-18-5-7-19(8-6-18)36-15-23-20-14-25(35-3)24(34-2)12-16(20)10-11-28(23)26(30)21-13-17(29(31)32)4-9-22(21)27/h4-9,12-14,23H,10-11,15H2,1-3H3/t23-/m0/s1. The summed E-state index contributed by atoms with van der Waals surface area (Å²) in [5, 5.41) is 11.4. The molecule has 10 heteroatoms. The van der Waals surface area contributed by atoms with Crippen LogP contribution in [0.2, 0.25) is 5.02 Å². The van der Waals surface area contributed by atoms with Crippen molar-refractivity contribution in [3.63, 3.8) is 0 Å². The lowest BCUT2D eigenvalue weighted by Gasteiger charge is -2.37. The number of nitrogens with zero attached hydrogens (tertiary/aromatic N) is 2. The minimum atomic E-state index is -0.556. The van der Waals surface area contributed by atoms with Crippen LogP contribution in [0.15, 0.2) is 54.6 Å². The number of rotatable bonds is 8. The second kappa shape index (κ2) is 10.7. The van der Waals surface area contributed by atoms with Crippen LogP contribution in [0.1, 0.15) is 27.5 Å². The van der Waals surface area contributed by atoms with Crippen molar-refractivity contribution in [2.45, 2.75) is 12.5 Å². The Bertz CT molecular complexity index is 1280. The number of hydrogen-bond donors (Lipinski definition) is 0. The van der Waals surface area contributed by atoms with E-state index in [1.54, 1.807) is 50.5 Å².